The summed E-state index contributed by atoms with van der Waals surface area (Å²) < 4.78 is 5.45. The number of hydrogen-bond donors (Lipinski definition) is 4. The molecule has 0 spiro atoms. The zero-order chi connectivity index (χ0) is 33.0. The van der Waals surface area contributed by atoms with Gasteiger partial charge in [-0.25, -0.2) is 9.78 Å². The molecule has 46 heavy (non-hydrogen) atoms. The van der Waals surface area contributed by atoms with E-state index in [1.54, 1.807) is 23.1 Å². The average molecular weight is 667 g/mol. The highest BCUT2D eigenvalue weighted by Gasteiger charge is 2.27. The second-order valence-corrected chi connectivity index (χ2v) is 12.7. The number of fused-ring (bicyclic) bond motifs is 1. The molecule has 0 atom stereocenters. The molecule has 1 aliphatic heterocycles. The van der Waals surface area contributed by atoms with Crippen molar-refractivity contribution in [2.45, 2.75) is 51.8 Å². The van der Waals surface area contributed by atoms with Crippen LogP contribution in [0.1, 0.15) is 59.9 Å². The van der Waals surface area contributed by atoms with Gasteiger partial charge in [0.15, 0.2) is 0 Å². The summed E-state index contributed by atoms with van der Waals surface area (Å²) in [6.45, 7) is 6.80. The van der Waals surface area contributed by atoms with Crippen LogP contribution in [0.5, 0.6) is 0 Å². The van der Waals surface area contributed by atoms with Crippen molar-refractivity contribution in [3.63, 3.8) is 0 Å². The fourth-order valence-corrected chi connectivity index (χ4v) is 5.21. The van der Waals surface area contributed by atoms with Crippen LogP contribution in [0.25, 0.3) is 11.0 Å². The molecule has 1 saturated heterocycles. The highest BCUT2D eigenvalue weighted by molar-refractivity contribution is 6.34. The molecule has 4 aromatic rings. The summed E-state index contributed by atoms with van der Waals surface area (Å²) in [5, 5.41) is 9.86. The van der Waals surface area contributed by atoms with E-state index in [0.717, 1.165) is 5.56 Å². The summed E-state index contributed by atoms with van der Waals surface area (Å²) in [7, 11) is 0. The summed E-state index contributed by atoms with van der Waals surface area (Å²) >= 11 is 12.3. The van der Waals surface area contributed by atoms with E-state index < -0.39 is 17.1 Å². The van der Waals surface area contributed by atoms with Crippen molar-refractivity contribution in [1.82, 2.24) is 25.2 Å². The first-order valence-corrected chi connectivity index (χ1v) is 15.4. The van der Waals surface area contributed by atoms with Crippen molar-refractivity contribution in [1.29, 1.82) is 0 Å². The molecule has 0 aliphatic carbocycles. The number of nitrogens with one attached hydrogen (secondary N) is 4. The van der Waals surface area contributed by atoms with Crippen LogP contribution in [-0.4, -0.2) is 62.5 Å². The van der Waals surface area contributed by atoms with Gasteiger partial charge in [-0.2, -0.15) is 4.98 Å². The Bertz CT molecular complexity index is 1850. The average Bonchev–Trinajstić information content (AvgIpc) is 3.00. The van der Waals surface area contributed by atoms with Gasteiger partial charge in [-0.3, -0.25) is 14.4 Å². The van der Waals surface area contributed by atoms with Crippen molar-refractivity contribution in [3.05, 3.63) is 91.8 Å². The van der Waals surface area contributed by atoms with Gasteiger partial charge < -0.3 is 30.6 Å². The molecule has 0 bridgehead atoms. The number of halogens is 2. The van der Waals surface area contributed by atoms with Crippen LogP contribution in [-0.2, 0) is 11.3 Å². The quantitative estimate of drug-likeness (QED) is 0.198. The number of likely N-dealkylation sites (tertiary alicyclic amines) is 1. The zero-order valence-corrected chi connectivity index (χ0v) is 27.0. The molecule has 0 saturated carbocycles. The Hall–Kier alpha value is -4.68. The molecule has 2 aromatic heterocycles. The number of carbonyl (C=O) groups is 3. The van der Waals surface area contributed by atoms with Gasteiger partial charge in [-0.15, -0.1) is 0 Å². The van der Waals surface area contributed by atoms with E-state index in [4.69, 9.17) is 27.9 Å². The number of aromatic amines is 1. The number of ether oxygens (including phenoxy) is 1. The fraction of sp³-hybridized carbons (Fsp3) is 0.312. The molecule has 0 radical (unpaired) electrons. The normalized spacial score (nSPS) is 13.7. The van der Waals surface area contributed by atoms with Crippen LogP contribution in [0.3, 0.4) is 0 Å². The number of piperidine rings is 1. The lowest BCUT2D eigenvalue weighted by Gasteiger charge is -2.33. The molecule has 240 valence electrons. The monoisotopic (exact) mass is 665 g/mol. The van der Waals surface area contributed by atoms with E-state index >= 15 is 0 Å². The van der Waals surface area contributed by atoms with Crippen LogP contribution in [0.2, 0.25) is 10.0 Å². The van der Waals surface area contributed by atoms with Gasteiger partial charge in [0.25, 0.3) is 17.4 Å². The smallest absolute Gasteiger partial charge is 0.410 e. The number of benzene rings is 2. The van der Waals surface area contributed by atoms with Gasteiger partial charge in [0.1, 0.15) is 16.8 Å². The van der Waals surface area contributed by atoms with Crippen molar-refractivity contribution in [2.75, 3.05) is 23.7 Å². The lowest BCUT2D eigenvalue weighted by molar-refractivity contribution is 0.0210. The Morgan fingerprint density at radius 1 is 1.04 bits per heavy atom. The summed E-state index contributed by atoms with van der Waals surface area (Å²) in [6.07, 6.45) is 2.51. The highest BCUT2D eigenvalue weighted by Crippen LogP contribution is 2.24. The molecule has 12 nitrogen and oxygen atoms in total. The Morgan fingerprint density at radius 3 is 2.52 bits per heavy atom. The first-order valence-electron chi connectivity index (χ1n) is 14.6. The lowest BCUT2D eigenvalue weighted by Crippen LogP contribution is -2.44. The first-order chi connectivity index (χ1) is 21.8. The lowest BCUT2D eigenvalue weighted by atomic mass is 10.1. The Labute approximate surface area is 274 Å². The minimum atomic E-state index is -0.722. The molecule has 1 fully saturated rings. The van der Waals surface area contributed by atoms with E-state index in [-0.39, 0.29) is 52.1 Å². The number of pyridine rings is 1. The van der Waals surface area contributed by atoms with Crippen molar-refractivity contribution < 1.29 is 19.1 Å². The minimum absolute atomic E-state index is 0.0207. The zero-order valence-electron chi connectivity index (χ0n) is 25.4. The molecule has 3 amide bonds. The van der Waals surface area contributed by atoms with Crippen molar-refractivity contribution in [3.8, 4) is 0 Å². The van der Waals surface area contributed by atoms with E-state index in [9.17, 15) is 19.2 Å². The molecule has 5 rings (SSSR count). The Morgan fingerprint density at radius 2 is 1.80 bits per heavy atom. The van der Waals surface area contributed by atoms with Crippen molar-refractivity contribution in [2.24, 2.45) is 0 Å². The molecular weight excluding hydrogens is 633 g/mol. The molecule has 2 aromatic carbocycles. The van der Waals surface area contributed by atoms with Crippen molar-refractivity contribution >= 4 is 63.8 Å². The predicted octanol–water partition coefficient (Wildman–Crippen LogP) is 5.62. The van der Waals surface area contributed by atoms with E-state index in [2.05, 4.69) is 30.9 Å². The molecular formula is C32H33Cl2N7O5. The topological polar surface area (TPSA) is 158 Å². The van der Waals surface area contributed by atoms with E-state index in [1.165, 1.54) is 30.5 Å². The van der Waals surface area contributed by atoms with Crippen LogP contribution >= 0.6 is 23.2 Å². The number of carbonyl (C=O) groups excluding carboxylic acids is 3. The second kappa shape index (κ2) is 13.8. The van der Waals surface area contributed by atoms with Gasteiger partial charge >= 0.3 is 6.09 Å². The molecule has 0 unspecified atom stereocenters. The van der Waals surface area contributed by atoms with E-state index in [0.29, 0.717) is 42.3 Å². The predicted molar refractivity (Wildman–Crippen MR) is 177 cm³/mol. The van der Waals surface area contributed by atoms with Gasteiger partial charge in [0, 0.05) is 47.8 Å². The fourth-order valence-electron chi connectivity index (χ4n) is 4.83. The molecule has 1 aliphatic rings. The van der Waals surface area contributed by atoms with Gasteiger partial charge in [0.05, 0.1) is 10.7 Å². The number of nitrogens with zero attached hydrogens (tertiary/aromatic N) is 3. The molecule has 4 N–H and O–H groups in total. The van der Waals surface area contributed by atoms with Gasteiger partial charge in [-0.1, -0.05) is 35.3 Å². The van der Waals surface area contributed by atoms with Crippen LogP contribution in [0.4, 0.5) is 16.4 Å². The number of H-pyrrole nitrogens is 1. The number of aromatic nitrogens is 3. The van der Waals surface area contributed by atoms with Gasteiger partial charge in [0.2, 0.25) is 5.95 Å². The maximum Gasteiger partial charge on any atom is 0.410 e. The summed E-state index contributed by atoms with van der Waals surface area (Å²) in [4.78, 5) is 64.3. The third-order valence-electron chi connectivity index (χ3n) is 7.14. The summed E-state index contributed by atoms with van der Waals surface area (Å²) in [5.41, 5.74) is 0.101. The summed E-state index contributed by atoms with van der Waals surface area (Å²) in [6, 6.07) is 13.0. The first kappa shape index (κ1) is 32.7. The summed E-state index contributed by atoms with van der Waals surface area (Å²) in [5.74, 6) is -0.792. The van der Waals surface area contributed by atoms with E-state index in [1.807, 2.05) is 26.8 Å². The standard InChI is InChI=1S/C32H33Cl2N7O5/c1-32(2,3)46-31(45)41-11-9-22(10-12-41)37-30-36-17-20-14-23(29(44)39-26(20)40-30)28(43)38-25-15-19(7-8-24(25)34)27(42)35-16-18-5-4-6-21(33)13-18/h4-8,13-15,17,22H,9-12,16H2,1-3H3,(H,35,42)(H,38,43)(H2,36,37,39,40,44). The Balaban J connectivity index is 1.22. The SMILES string of the molecule is CC(C)(C)OC(=O)N1CCC(Nc2ncc3cc(C(=O)Nc4cc(C(=O)NCc5cccc(Cl)c5)ccc4Cl)c(=O)[nH]c3n2)CC1. The number of hydrogen-bond acceptors (Lipinski definition) is 8. The third kappa shape index (κ3) is 8.32. The van der Waals surface area contributed by atoms with Crippen LogP contribution < -0.4 is 21.5 Å². The number of anilines is 2. The third-order valence-corrected chi connectivity index (χ3v) is 7.70. The second-order valence-electron chi connectivity index (χ2n) is 11.9. The molecule has 14 heteroatoms. The largest absolute Gasteiger partial charge is 0.444 e. The van der Waals surface area contributed by atoms with Crippen LogP contribution in [0.15, 0.2) is 59.5 Å². The number of amides is 3. The maximum atomic E-state index is 13.1. The van der Waals surface area contributed by atoms with Gasteiger partial charge in [-0.05, 0) is 75.6 Å². The Kier molecular flexibility index (Phi) is 9.78. The molecule has 3 heterocycles. The highest BCUT2D eigenvalue weighted by atomic mass is 35.5. The minimum Gasteiger partial charge on any atom is -0.444 e. The number of rotatable bonds is 7. The van der Waals surface area contributed by atoms with Crippen LogP contribution in [0, 0.1) is 0 Å². The maximum absolute atomic E-state index is 13.1.